The Kier molecular flexibility index (Phi) is 4.93. The molecule has 98 valence electrons. The highest BCUT2D eigenvalue weighted by molar-refractivity contribution is 7.09. The SMILES string of the molecule is Cc1nc(CC(=O)NCCC2=CCCCC2)cs1. The topological polar surface area (TPSA) is 42.0 Å². The van der Waals surface area contributed by atoms with Crippen LogP contribution in [0.1, 0.15) is 42.8 Å². The quantitative estimate of drug-likeness (QED) is 0.831. The highest BCUT2D eigenvalue weighted by Gasteiger charge is 2.07. The minimum absolute atomic E-state index is 0.0803. The standard InChI is InChI=1S/C14H20N2OS/c1-11-16-13(10-18-11)9-14(17)15-8-7-12-5-3-2-4-6-12/h5,10H,2-4,6-9H2,1H3,(H,15,17). The van der Waals surface area contributed by atoms with Crippen LogP contribution in [0, 0.1) is 6.92 Å². The summed E-state index contributed by atoms with van der Waals surface area (Å²) in [5, 5.41) is 5.95. The monoisotopic (exact) mass is 264 g/mol. The molecule has 1 N–H and O–H groups in total. The highest BCUT2D eigenvalue weighted by Crippen LogP contribution is 2.19. The van der Waals surface area contributed by atoms with Crippen LogP contribution in [0.3, 0.4) is 0 Å². The van der Waals surface area contributed by atoms with Gasteiger partial charge in [-0.3, -0.25) is 4.79 Å². The molecule has 0 bridgehead atoms. The van der Waals surface area contributed by atoms with Crippen LogP contribution < -0.4 is 5.32 Å². The largest absolute Gasteiger partial charge is 0.355 e. The molecule has 0 radical (unpaired) electrons. The zero-order valence-corrected chi connectivity index (χ0v) is 11.7. The number of aromatic nitrogens is 1. The van der Waals surface area contributed by atoms with Crippen molar-refractivity contribution >= 4 is 17.2 Å². The fourth-order valence-corrected chi connectivity index (χ4v) is 2.82. The molecule has 3 nitrogen and oxygen atoms in total. The van der Waals surface area contributed by atoms with E-state index in [1.54, 1.807) is 11.3 Å². The van der Waals surface area contributed by atoms with Crippen LogP contribution in [-0.2, 0) is 11.2 Å². The Bertz CT molecular complexity index is 437. The summed E-state index contributed by atoms with van der Waals surface area (Å²) in [5.74, 6) is 0.0803. The summed E-state index contributed by atoms with van der Waals surface area (Å²) in [6.07, 6.45) is 8.78. The molecule has 0 spiro atoms. The van der Waals surface area contributed by atoms with E-state index in [4.69, 9.17) is 0 Å². The van der Waals surface area contributed by atoms with E-state index in [2.05, 4.69) is 16.4 Å². The Morgan fingerprint density at radius 3 is 3.06 bits per heavy atom. The first-order valence-corrected chi connectivity index (χ1v) is 7.47. The number of carbonyl (C=O) groups excluding carboxylic acids is 1. The lowest BCUT2D eigenvalue weighted by molar-refractivity contribution is -0.120. The molecule has 1 aromatic rings. The van der Waals surface area contributed by atoms with E-state index in [-0.39, 0.29) is 5.91 Å². The first-order chi connectivity index (χ1) is 8.74. The molecule has 0 unspecified atom stereocenters. The molecule has 2 rings (SSSR count). The maximum atomic E-state index is 11.7. The Labute approximate surface area is 112 Å². The Morgan fingerprint density at radius 2 is 2.39 bits per heavy atom. The van der Waals surface area contributed by atoms with Crippen molar-refractivity contribution in [3.8, 4) is 0 Å². The average molecular weight is 264 g/mol. The number of carbonyl (C=O) groups is 1. The van der Waals surface area contributed by atoms with Crippen molar-refractivity contribution in [1.82, 2.24) is 10.3 Å². The lowest BCUT2D eigenvalue weighted by Gasteiger charge is -2.12. The van der Waals surface area contributed by atoms with Crippen molar-refractivity contribution < 1.29 is 4.79 Å². The number of allylic oxidation sites excluding steroid dienone is 1. The second-order valence-electron chi connectivity index (χ2n) is 4.74. The van der Waals surface area contributed by atoms with Gasteiger partial charge in [-0.2, -0.15) is 0 Å². The molecule has 1 aliphatic rings. The smallest absolute Gasteiger partial charge is 0.226 e. The van der Waals surface area contributed by atoms with Gasteiger partial charge in [0.25, 0.3) is 0 Å². The van der Waals surface area contributed by atoms with Crippen molar-refractivity contribution in [2.75, 3.05) is 6.54 Å². The molecule has 18 heavy (non-hydrogen) atoms. The summed E-state index contributed by atoms with van der Waals surface area (Å²) in [6.45, 7) is 2.72. The minimum atomic E-state index is 0.0803. The van der Waals surface area contributed by atoms with Crippen LogP contribution in [0.25, 0.3) is 0 Å². The maximum absolute atomic E-state index is 11.7. The van der Waals surface area contributed by atoms with Gasteiger partial charge < -0.3 is 5.32 Å². The maximum Gasteiger partial charge on any atom is 0.226 e. The van der Waals surface area contributed by atoms with Crippen LogP contribution in [0.4, 0.5) is 0 Å². The van der Waals surface area contributed by atoms with Crippen molar-refractivity contribution in [2.24, 2.45) is 0 Å². The van der Waals surface area contributed by atoms with E-state index in [1.807, 2.05) is 12.3 Å². The van der Waals surface area contributed by atoms with Crippen LogP contribution >= 0.6 is 11.3 Å². The van der Waals surface area contributed by atoms with E-state index in [0.717, 1.165) is 23.7 Å². The van der Waals surface area contributed by atoms with Crippen LogP contribution in [0.2, 0.25) is 0 Å². The lowest BCUT2D eigenvalue weighted by Crippen LogP contribution is -2.26. The number of nitrogens with zero attached hydrogens (tertiary/aromatic N) is 1. The molecule has 0 atom stereocenters. The Balaban J connectivity index is 1.67. The molecule has 0 saturated heterocycles. The third kappa shape index (κ3) is 4.26. The summed E-state index contributed by atoms with van der Waals surface area (Å²) in [4.78, 5) is 16.0. The van der Waals surface area contributed by atoms with Gasteiger partial charge in [-0.15, -0.1) is 11.3 Å². The fraction of sp³-hybridized carbons (Fsp3) is 0.571. The second kappa shape index (κ2) is 6.69. The molecule has 0 aromatic carbocycles. The zero-order valence-electron chi connectivity index (χ0n) is 10.9. The first-order valence-electron chi connectivity index (χ1n) is 6.59. The number of nitrogens with one attached hydrogen (secondary N) is 1. The first kappa shape index (κ1) is 13.3. The van der Waals surface area contributed by atoms with E-state index in [9.17, 15) is 4.79 Å². The van der Waals surface area contributed by atoms with Crippen molar-refractivity contribution in [1.29, 1.82) is 0 Å². The molecular weight excluding hydrogens is 244 g/mol. The molecule has 1 aliphatic carbocycles. The van der Waals surface area contributed by atoms with Gasteiger partial charge >= 0.3 is 0 Å². The summed E-state index contributed by atoms with van der Waals surface area (Å²) in [5.41, 5.74) is 2.39. The Hall–Kier alpha value is -1.16. The van der Waals surface area contributed by atoms with Crippen molar-refractivity contribution in [3.63, 3.8) is 0 Å². The molecule has 0 aliphatic heterocycles. The van der Waals surface area contributed by atoms with Gasteiger partial charge in [0.1, 0.15) is 0 Å². The molecule has 0 fully saturated rings. The average Bonchev–Trinajstić information content (AvgIpc) is 2.76. The molecule has 1 heterocycles. The molecule has 1 amide bonds. The zero-order chi connectivity index (χ0) is 12.8. The Morgan fingerprint density at radius 1 is 1.50 bits per heavy atom. The third-order valence-corrected chi connectivity index (χ3v) is 3.98. The third-order valence-electron chi connectivity index (χ3n) is 3.16. The number of amides is 1. The van der Waals surface area contributed by atoms with E-state index < -0.39 is 0 Å². The van der Waals surface area contributed by atoms with E-state index in [1.165, 1.54) is 31.3 Å². The summed E-state index contributed by atoms with van der Waals surface area (Å²) >= 11 is 1.59. The molecule has 1 aromatic heterocycles. The summed E-state index contributed by atoms with van der Waals surface area (Å²) in [7, 11) is 0. The normalized spacial score (nSPS) is 15.3. The van der Waals surface area contributed by atoms with E-state index >= 15 is 0 Å². The van der Waals surface area contributed by atoms with Gasteiger partial charge in [-0.25, -0.2) is 4.98 Å². The predicted octanol–water partition coefficient (Wildman–Crippen LogP) is 3.00. The number of thiazole rings is 1. The lowest BCUT2D eigenvalue weighted by atomic mass is 9.97. The second-order valence-corrected chi connectivity index (χ2v) is 5.80. The van der Waals surface area contributed by atoms with Gasteiger partial charge in [0.05, 0.1) is 17.1 Å². The summed E-state index contributed by atoms with van der Waals surface area (Å²) < 4.78 is 0. The van der Waals surface area contributed by atoms with Crippen molar-refractivity contribution in [3.05, 3.63) is 27.7 Å². The van der Waals surface area contributed by atoms with Gasteiger partial charge in [0.2, 0.25) is 5.91 Å². The minimum Gasteiger partial charge on any atom is -0.355 e. The molecule has 0 saturated carbocycles. The predicted molar refractivity (Wildman–Crippen MR) is 74.7 cm³/mol. The number of hydrogen-bond donors (Lipinski definition) is 1. The number of aryl methyl sites for hydroxylation is 1. The van der Waals surface area contributed by atoms with Crippen LogP contribution in [0.15, 0.2) is 17.0 Å². The van der Waals surface area contributed by atoms with Gasteiger partial charge in [0.15, 0.2) is 0 Å². The van der Waals surface area contributed by atoms with Gasteiger partial charge in [-0.1, -0.05) is 11.6 Å². The molecular formula is C14H20N2OS. The van der Waals surface area contributed by atoms with E-state index in [0.29, 0.717) is 6.42 Å². The fourth-order valence-electron chi connectivity index (χ4n) is 2.21. The van der Waals surface area contributed by atoms with Crippen LogP contribution in [0.5, 0.6) is 0 Å². The summed E-state index contributed by atoms with van der Waals surface area (Å²) in [6, 6.07) is 0. The van der Waals surface area contributed by atoms with Gasteiger partial charge in [0, 0.05) is 11.9 Å². The molecule has 4 heteroatoms. The van der Waals surface area contributed by atoms with Gasteiger partial charge in [-0.05, 0) is 39.0 Å². The van der Waals surface area contributed by atoms with Crippen LogP contribution in [-0.4, -0.2) is 17.4 Å². The highest BCUT2D eigenvalue weighted by atomic mass is 32.1. The van der Waals surface area contributed by atoms with Crippen molar-refractivity contribution in [2.45, 2.75) is 45.4 Å². The number of hydrogen-bond acceptors (Lipinski definition) is 3. The number of rotatable bonds is 5.